The molecule has 0 spiro atoms. The van der Waals surface area contributed by atoms with E-state index in [1.165, 1.54) is 6.07 Å². The molecule has 0 radical (unpaired) electrons. The van der Waals surface area contributed by atoms with Gasteiger partial charge >= 0.3 is 0 Å². The van der Waals surface area contributed by atoms with Crippen molar-refractivity contribution in [1.82, 2.24) is 5.32 Å². The van der Waals surface area contributed by atoms with Crippen LogP contribution in [0.15, 0.2) is 42.5 Å². The predicted molar refractivity (Wildman–Crippen MR) is 111 cm³/mol. The summed E-state index contributed by atoms with van der Waals surface area (Å²) in [6, 6.07) is 11.2. The lowest BCUT2D eigenvalue weighted by atomic mass is 9.93. The Morgan fingerprint density at radius 1 is 1.18 bits per heavy atom. The van der Waals surface area contributed by atoms with E-state index in [-0.39, 0.29) is 17.3 Å². The fourth-order valence-corrected chi connectivity index (χ4v) is 3.23. The minimum Gasteiger partial charge on any atom is -0.379 e. The molecule has 1 amide bonds. The van der Waals surface area contributed by atoms with Crippen LogP contribution in [0, 0.1) is 5.82 Å². The number of halogens is 2. The van der Waals surface area contributed by atoms with Crippen LogP contribution in [0.3, 0.4) is 0 Å². The third-order valence-electron chi connectivity index (χ3n) is 4.42. The Morgan fingerprint density at radius 3 is 2.46 bits per heavy atom. The number of rotatable bonds is 7. The molecule has 152 valence electrons. The third-order valence-corrected chi connectivity index (χ3v) is 4.65. The van der Waals surface area contributed by atoms with E-state index in [0.717, 1.165) is 5.56 Å². The zero-order valence-corrected chi connectivity index (χ0v) is 17.5. The summed E-state index contributed by atoms with van der Waals surface area (Å²) in [5, 5.41) is 3.49. The number of amides is 1. The van der Waals surface area contributed by atoms with Gasteiger partial charge in [0.15, 0.2) is 0 Å². The van der Waals surface area contributed by atoms with Crippen molar-refractivity contribution in [3.05, 3.63) is 70.0 Å². The molecule has 0 aliphatic carbocycles. The molecule has 0 heterocycles. The van der Waals surface area contributed by atoms with Crippen LogP contribution in [0.1, 0.15) is 42.3 Å². The Hall–Kier alpha value is -1.95. The van der Waals surface area contributed by atoms with Crippen molar-refractivity contribution in [2.24, 2.45) is 5.73 Å². The van der Waals surface area contributed by atoms with Gasteiger partial charge in [-0.2, -0.15) is 0 Å². The first-order chi connectivity index (χ1) is 13.1. The van der Waals surface area contributed by atoms with E-state index < -0.39 is 12.1 Å². The molecule has 6 heteroatoms. The lowest BCUT2D eigenvalue weighted by Gasteiger charge is -2.25. The lowest BCUT2D eigenvalue weighted by molar-refractivity contribution is 0.0795. The maximum Gasteiger partial charge on any atom is 0.251 e. The van der Waals surface area contributed by atoms with Gasteiger partial charge in [0.2, 0.25) is 0 Å². The second-order valence-electron chi connectivity index (χ2n) is 7.94. The Balaban J connectivity index is 2.22. The highest BCUT2D eigenvalue weighted by Crippen LogP contribution is 2.21. The zero-order valence-electron chi connectivity index (χ0n) is 16.8. The van der Waals surface area contributed by atoms with E-state index in [1.54, 1.807) is 43.5 Å². The standard InChI is InChI=1S/C22H28ClFN2O2/c1-22(2,3)26-21(27)17-10-9-16(23)11-15(17)13-20(28-4)19(25)12-14-7-5-6-8-18(14)24/h5-11,19-20H,12-13,25H2,1-4H3,(H,26,27). The van der Waals surface area contributed by atoms with Gasteiger partial charge < -0.3 is 15.8 Å². The fourth-order valence-electron chi connectivity index (χ4n) is 3.04. The topological polar surface area (TPSA) is 64.3 Å². The molecule has 2 atom stereocenters. The average molecular weight is 407 g/mol. The quantitative estimate of drug-likeness (QED) is 0.726. The van der Waals surface area contributed by atoms with E-state index in [4.69, 9.17) is 22.1 Å². The summed E-state index contributed by atoms with van der Waals surface area (Å²) >= 11 is 6.16. The number of hydrogen-bond donors (Lipinski definition) is 2. The summed E-state index contributed by atoms with van der Waals surface area (Å²) in [4.78, 5) is 12.7. The van der Waals surface area contributed by atoms with Crippen molar-refractivity contribution in [3.8, 4) is 0 Å². The summed E-state index contributed by atoms with van der Waals surface area (Å²) in [6.07, 6.45) is 0.314. The number of ether oxygens (including phenoxy) is 1. The number of carbonyl (C=O) groups excluding carboxylic acids is 1. The number of carbonyl (C=O) groups is 1. The summed E-state index contributed by atoms with van der Waals surface area (Å²) in [5.41, 5.74) is 7.76. The first-order valence-electron chi connectivity index (χ1n) is 9.23. The van der Waals surface area contributed by atoms with Crippen LogP contribution in [-0.2, 0) is 17.6 Å². The van der Waals surface area contributed by atoms with Crippen molar-refractivity contribution in [2.45, 2.75) is 51.3 Å². The van der Waals surface area contributed by atoms with E-state index in [1.807, 2.05) is 20.8 Å². The molecule has 0 aliphatic rings. The summed E-state index contributed by atoms with van der Waals surface area (Å²) in [6.45, 7) is 5.76. The van der Waals surface area contributed by atoms with Crippen LogP contribution in [0.5, 0.6) is 0 Å². The van der Waals surface area contributed by atoms with Gasteiger partial charge in [-0.1, -0.05) is 29.8 Å². The molecule has 2 aromatic carbocycles. The van der Waals surface area contributed by atoms with Crippen LogP contribution in [-0.4, -0.2) is 30.7 Å². The minimum atomic E-state index is -0.445. The molecule has 0 aliphatic heterocycles. The van der Waals surface area contributed by atoms with Crippen LogP contribution >= 0.6 is 11.6 Å². The van der Waals surface area contributed by atoms with Gasteiger partial charge in [0.05, 0.1) is 6.10 Å². The smallest absolute Gasteiger partial charge is 0.251 e. The molecule has 3 N–H and O–H groups in total. The largest absolute Gasteiger partial charge is 0.379 e. The molecule has 0 saturated heterocycles. The van der Waals surface area contributed by atoms with Gasteiger partial charge in [-0.25, -0.2) is 4.39 Å². The van der Waals surface area contributed by atoms with Crippen molar-refractivity contribution < 1.29 is 13.9 Å². The van der Waals surface area contributed by atoms with Gasteiger partial charge in [-0.15, -0.1) is 0 Å². The number of nitrogens with two attached hydrogens (primary N) is 1. The van der Waals surface area contributed by atoms with Crippen LogP contribution < -0.4 is 11.1 Å². The van der Waals surface area contributed by atoms with Gasteiger partial charge in [0.1, 0.15) is 5.82 Å². The van der Waals surface area contributed by atoms with Gasteiger partial charge in [0.25, 0.3) is 5.91 Å². The molecule has 4 nitrogen and oxygen atoms in total. The number of benzene rings is 2. The van der Waals surface area contributed by atoms with Crippen molar-refractivity contribution in [1.29, 1.82) is 0 Å². The molecule has 0 saturated carbocycles. The Kier molecular flexibility index (Phi) is 7.58. The Morgan fingerprint density at radius 2 is 1.86 bits per heavy atom. The molecule has 28 heavy (non-hydrogen) atoms. The first kappa shape index (κ1) is 22.3. The minimum absolute atomic E-state index is 0.184. The van der Waals surface area contributed by atoms with Gasteiger partial charge in [0, 0.05) is 35.7 Å². The predicted octanol–water partition coefficient (Wildman–Crippen LogP) is 4.13. The normalized spacial score (nSPS) is 13.8. The van der Waals surface area contributed by atoms with E-state index in [9.17, 15) is 9.18 Å². The van der Waals surface area contributed by atoms with Crippen LogP contribution in [0.25, 0.3) is 0 Å². The van der Waals surface area contributed by atoms with Crippen molar-refractivity contribution >= 4 is 17.5 Å². The third kappa shape index (κ3) is 6.30. The SMILES string of the molecule is COC(Cc1cc(Cl)ccc1C(=O)NC(C)(C)C)C(N)Cc1ccccc1F. The van der Waals surface area contributed by atoms with E-state index >= 15 is 0 Å². The second kappa shape index (κ2) is 9.50. The highest BCUT2D eigenvalue weighted by Gasteiger charge is 2.24. The molecule has 0 fully saturated rings. The average Bonchev–Trinajstić information content (AvgIpc) is 2.60. The Labute approximate surface area is 171 Å². The molecule has 2 aromatic rings. The fraction of sp³-hybridized carbons (Fsp3) is 0.409. The zero-order chi connectivity index (χ0) is 20.9. The maximum atomic E-state index is 14.0. The van der Waals surface area contributed by atoms with E-state index in [2.05, 4.69) is 5.32 Å². The number of hydrogen-bond acceptors (Lipinski definition) is 3. The molecular formula is C22H28ClFN2O2. The highest BCUT2D eigenvalue weighted by molar-refractivity contribution is 6.30. The van der Waals surface area contributed by atoms with Crippen molar-refractivity contribution in [2.75, 3.05) is 7.11 Å². The summed E-state index contributed by atoms with van der Waals surface area (Å²) in [7, 11) is 1.56. The monoisotopic (exact) mass is 406 g/mol. The molecule has 0 bridgehead atoms. The summed E-state index contributed by atoms with van der Waals surface area (Å²) in [5.74, 6) is -0.475. The molecule has 2 rings (SSSR count). The number of methoxy groups -OCH3 is 1. The van der Waals surface area contributed by atoms with Gasteiger partial charge in [-0.3, -0.25) is 4.79 Å². The van der Waals surface area contributed by atoms with Crippen LogP contribution in [0.4, 0.5) is 4.39 Å². The second-order valence-corrected chi connectivity index (χ2v) is 8.38. The van der Waals surface area contributed by atoms with E-state index in [0.29, 0.717) is 29.0 Å². The van der Waals surface area contributed by atoms with Crippen molar-refractivity contribution in [3.63, 3.8) is 0 Å². The number of nitrogens with one attached hydrogen (secondary N) is 1. The summed E-state index contributed by atoms with van der Waals surface area (Å²) < 4.78 is 19.5. The molecule has 0 aromatic heterocycles. The Bertz CT molecular complexity index is 820. The maximum absolute atomic E-state index is 14.0. The van der Waals surface area contributed by atoms with Crippen LogP contribution in [0.2, 0.25) is 5.02 Å². The van der Waals surface area contributed by atoms with Gasteiger partial charge in [-0.05, 0) is 62.6 Å². The highest BCUT2D eigenvalue weighted by atomic mass is 35.5. The lowest BCUT2D eigenvalue weighted by Crippen LogP contribution is -2.42. The molecular weight excluding hydrogens is 379 g/mol. The molecule has 2 unspecified atom stereocenters. The first-order valence-corrected chi connectivity index (χ1v) is 9.61.